The molecule has 0 spiro atoms. The van der Waals surface area contributed by atoms with Gasteiger partial charge >= 0.3 is 0 Å². The number of fused-ring (bicyclic) bond motifs is 1. The van der Waals surface area contributed by atoms with E-state index in [1.165, 1.54) is 18.2 Å². The molecule has 114 valence electrons. The Morgan fingerprint density at radius 2 is 1.50 bits per heavy atom. The summed E-state index contributed by atoms with van der Waals surface area (Å²) in [4.78, 5) is 12.2. The number of phenols is 4. The van der Waals surface area contributed by atoms with Crippen LogP contribution in [-0.2, 0) is 0 Å². The Bertz CT molecular complexity index is 769. The minimum absolute atomic E-state index is 0.00293. The van der Waals surface area contributed by atoms with Crippen molar-refractivity contribution in [3.63, 3.8) is 0 Å². The highest BCUT2D eigenvalue weighted by atomic mass is 16.5. The van der Waals surface area contributed by atoms with Crippen molar-refractivity contribution < 1.29 is 35.1 Å². The summed E-state index contributed by atoms with van der Waals surface area (Å²) in [5.41, 5.74) is 0.219. The second-order valence-electron chi connectivity index (χ2n) is 4.93. The number of benzene rings is 2. The number of phenolic OH excluding ortho intramolecular Hbond substituents is 4. The molecule has 5 N–H and O–H groups in total. The van der Waals surface area contributed by atoms with E-state index in [0.29, 0.717) is 0 Å². The third kappa shape index (κ3) is 2.08. The first-order valence-corrected chi connectivity index (χ1v) is 6.35. The summed E-state index contributed by atoms with van der Waals surface area (Å²) in [6, 6.07) is 5.85. The highest BCUT2D eigenvalue weighted by Gasteiger charge is 2.38. The zero-order valence-corrected chi connectivity index (χ0v) is 11.1. The largest absolute Gasteiger partial charge is 0.504 e. The first-order chi connectivity index (χ1) is 10.4. The summed E-state index contributed by atoms with van der Waals surface area (Å²) in [5, 5.41) is 47.8. The summed E-state index contributed by atoms with van der Waals surface area (Å²) in [6.45, 7) is 0. The normalized spacial score (nSPS) is 20.3. The number of aliphatic hydroxyl groups excluding tert-OH is 1. The van der Waals surface area contributed by atoms with Crippen molar-refractivity contribution in [3.05, 3.63) is 41.5 Å². The molecule has 0 radical (unpaired) electrons. The van der Waals surface area contributed by atoms with Crippen LogP contribution in [0.15, 0.2) is 30.3 Å². The van der Waals surface area contributed by atoms with Gasteiger partial charge in [0.25, 0.3) is 0 Å². The number of carbonyl (C=O) groups excluding carboxylic acids is 1. The SMILES string of the molecule is O=C1c2cc(O)c(O)cc2O[C@H](c2ccc(O)c(O)c2)[C@H]1O. The number of hydrogen-bond donors (Lipinski definition) is 5. The number of ether oxygens (including phenoxy) is 1. The Labute approximate surface area is 124 Å². The third-order valence-electron chi connectivity index (χ3n) is 3.48. The van der Waals surface area contributed by atoms with Crippen LogP contribution in [0.3, 0.4) is 0 Å². The first-order valence-electron chi connectivity index (χ1n) is 6.35. The Morgan fingerprint density at radius 3 is 2.18 bits per heavy atom. The minimum atomic E-state index is -1.56. The fraction of sp³-hybridized carbons (Fsp3) is 0.133. The molecule has 1 heterocycles. The fourth-order valence-electron chi connectivity index (χ4n) is 2.31. The number of hydrogen-bond acceptors (Lipinski definition) is 7. The quantitative estimate of drug-likeness (QED) is 0.501. The van der Waals surface area contributed by atoms with Crippen molar-refractivity contribution >= 4 is 5.78 Å². The molecular formula is C15H12O7. The summed E-state index contributed by atoms with van der Waals surface area (Å²) in [6.07, 6.45) is -2.67. The van der Waals surface area contributed by atoms with Gasteiger partial charge in [-0.3, -0.25) is 4.79 Å². The maximum Gasteiger partial charge on any atom is 0.199 e. The van der Waals surface area contributed by atoms with Crippen LogP contribution in [0.5, 0.6) is 28.7 Å². The molecule has 0 aliphatic carbocycles. The van der Waals surface area contributed by atoms with E-state index < -0.39 is 35.2 Å². The summed E-state index contributed by atoms with van der Waals surface area (Å²) >= 11 is 0. The lowest BCUT2D eigenvalue weighted by Crippen LogP contribution is -2.36. The van der Waals surface area contributed by atoms with Gasteiger partial charge in [-0.25, -0.2) is 0 Å². The van der Waals surface area contributed by atoms with E-state index in [1.54, 1.807) is 0 Å². The van der Waals surface area contributed by atoms with Crippen LogP contribution in [0.4, 0.5) is 0 Å². The van der Waals surface area contributed by atoms with Crippen LogP contribution in [-0.4, -0.2) is 37.4 Å². The molecule has 0 saturated heterocycles. The van der Waals surface area contributed by atoms with Crippen LogP contribution in [0.2, 0.25) is 0 Å². The standard InChI is InChI=1S/C15H12O7/c16-8-2-1-6(3-9(8)17)15-14(21)13(20)7-4-10(18)11(19)5-12(7)22-15/h1-5,14-19,21H/t14-,15+/m0/s1. The van der Waals surface area contributed by atoms with Crippen molar-refractivity contribution in [1.82, 2.24) is 0 Å². The van der Waals surface area contributed by atoms with Crippen molar-refractivity contribution in [3.8, 4) is 28.7 Å². The molecule has 1 aliphatic rings. The number of rotatable bonds is 1. The van der Waals surface area contributed by atoms with Gasteiger partial charge in [-0.05, 0) is 23.8 Å². The molecular weight excluding hydrogens is 292 g/mol. The van der Waals surface area contributed by atoms with Gasteiger partial charge in [0.1, 0.15) is 5.75 Å². The average Bonchev–Trinajstić information content (AvgIpc) is 2.48. The molecule has 7 nitrogen and oxygen atoms in total. The lowest BCUT2D eigenvalue weighted by Gasteiger charge is -2.30. The minimum Gasteiger partial charge on any atom is -0.504 e. The van der Waals surface area contributed by atoms with Crippen LogP contribution in [0.1, 0.15) is 22.0 Å². The van der Waals surface area contributed by atoms with E-state index in [9.17, 15) is 30.3 Å². The molecule has 1 aliphatic heterocycles. The van der Waals surface area contributed by atoms with Gasteiger partial charge in [-0.2, -0.15) is 0 Å². The van der Waals surface area contributed by atoms with E-state index in [-0.39, 0.29) is 22.6 Å². The van der Waals surface area contributed by atoms with Crippen LogP contribution in [0, 0.1) is 0 Å². The smallest absolute Gasteiger partial charge is 0.199 e. The number of Topliss-reactive ketones (excluding diaryl/α,β-unsaturated/α-hetero) is 1. The molecule has 0 amide bonds. The summed E-state index contributed by atoms with van der Waals surface area (Å²) in [5.74, 6) is -2.40. The Kier molecular flexibility index (Phi) is 3.07. The van der Waals surface area contributed by atoms with Crippen LogP contribution < -0.4 is 4.74 Å². The maximum absolute atomic E-state index is 12.2. The Hall–Kier alpha value is -2.93. The number of carbonyl (C=O) groups is 1. The molecule has 0 saturated carbocycles. The average molecular weight is 304 g/mol. The Balaban J connectivity index is 2.06. The van der Waals surface area contributed by atoms with Gasteiger partial charge in [0.15, 0.2) is 41.0 Å². The molecule has 3 rings (SSSR count). The lowest BCUT2D eigenvalue weighted by molar-refractivity contribution is 0.0214. The van der Waals surface area contributed by atoms with Gasteiger partial charge in [0, 0.05) is 6.07 Å². The second-order valence-corrected chi connectivity index (χ2v) is 4.93. The van der Waals surface area contributed by atoms with Gasteiger partial charge in [0.2, 0.25) is 0 Å². The zero-order valence-electron chi connectivity index (χ0n) is 11.1. The van der Waals surface area contributed by atoms with E-state index in [1.807, 2.05) is 0 Å². The molecule has 2 aromatic rings. The van der Waals surface area contributed by atoms with Gasteiger partial charge in [-0.1, -0.05) is 6.07 Å². The van der Waals surface area contributed by atoms with Crippen LogP contribution >= 0.6 is 0 Å². The highest BCUT2D eigenvalue weighted by molar-refractivity contribution is 6.03. The zero-order chi connectivity index (χ0) is 16.0. The molecule has 0 fully saturated rings. The monoisotopic (exact) mass is 304 g/mol. The molecule has 22 heavy (non-hydrogen) atoms. The number of aromatic hydroxyl groups is 4. The molecule has 7 heteroatoms. The molecule has 2 aromatic carbocycles. The number of aliphatic hydroxyl groups is 1. The van der Waals surface area contributed by atoms with Crippen molar-refractivity contribution in [1.29, 1.82) is 0 Å². The van der Waals surface area contributed by atoms with E-state index >= 15 is 0 Å². The van der Waals surface area contributed by atoms with Crippen molar-refractivity contribution in [2.45, 2.75) is 12.2 Å². The summed E-state index contributed by atoms with van der Waals surface area (Å²) in [7, 11) is 0. The first kappa shape index (κ1) is 14.0. The second kappa shape index (κ2) is 4.81. The lowest BCUT2D eigenvalue weighted by atomic mass is 9.93. The number of ketones is 1. The highest BCUT2D eigenvalue weighted by Crippen LogP contribution is 2.41. The molecule has 0 aromatic heterocycles. The van der Waals surface area contributed by atoms with Crippen molar-refractivity contribution in [2.75, 3.05) is 0 Å². The molecule has 0 bridgehead atoms. The van der Waals surface area contributed by atoms with Crippen molar-refractivity contribution in [2.24, 2.45) is 0 Å². The predicted octanol–water partition coefficient (Wildman–Crippen LogP) is 1.19. The predicted molar refractivity (Wildman–Crippen MR) is 73.2 cm³/mol. The topological polar surface area (TPSA) is 127 Å². The van der Waals surface area contributed by atoms with E-state index in [4.69, 9.17) is 4.74 Å². The van der Waals surface area contributed by atoms with Gasteiger partial charge in [-0.15, -0.1) is 0 Å². The van der Waals surface area contributed by atoms with Crippen LogP contribution in [0.25, 0.3) is 0 Å². The van der Waals surface area contributed by atoms with Gasteiger partial charge < -0.3 is 30.3 Å². The molecule has 2 atom stereocenters. The maximum atomic E-state index is 12.2. The van der Waals surface area contributed by atoms with E-state index in [2.05, 4.69) is 0 Å². The fourth-order valence-corrected chi connectivity index (χ4v) is 2.31. The third-order valence-corrected chi connectivity index (χ3v) is 3.48. The van der Waals surface area contributed by atoms with Gasteiger partial charge in [0.05, 0.1) is 5.56 Å². The Morgan fingerprint density at radius 1 is 0.864 bits per heavy atom. The van der Waals surface area contributed by atoms with E-state index in [0.717, 1.165) is 12.1 Å². The molecule has 0 unspecified atom stereocenters. The summed E-state index contributed by atoms with van der Waals surface area (Å²) < 4.78 is 5.50.